The Balaban J connectivity index is 2.17. The summed E-state index contributed by atoms with van der Waals surface area (Å²) in [5, 5.41) is 5.65. The van der Waals surface area contributed by atoms with E-state index in [4.69, 9.17) is 9.47 Å². The van der Waals surface area contributed by atoms with Gasteiger partial charge in [0.25, 0.3) is 0 Å². The first-order chi connectivity index (χ1) is 12.1. The van der Waals surface area contributed by atoms with E-state index in [9.17, 15) is 9.59 Å². The predicted molar refractivity (Wildman–Crippen MR) is 94.2 cm³/mol. The van der Waals surface area contributed by atoms with Crippen molar-refractivity contribution in [2.75, 3.05) is 33.2 Å². The molecule has 2 N–H and O–H groups in total. The molecule has 7 nitrogen and oxygen atoms in total. The van der Waals surface area contributed by atoms with Crippen LogP contribution in [0.25, 0.3) is 0 Å². The molecule has 0 bridgehead atoms. The van der Waals surface area contributed by atoms with Gasteiger partial charge in [0.05, 0.1) is 21.3 Å². The molecule has 7 heteroatoms. The normalized spacial score (nSPS) is 14.0. The van der Waals surface area contributed by atoms with E-state index >= 15 is 0 Å². The van der Waals surface area contributed by atoms with Crippen molar-refractivity contribution in [2.24, 2.45) is 5.92 Å². The molecule has 0 heterocycles. The number of alkyl carbamates (subject to hydrolysis) is 1. The largest absolute Gasteiger partial charge is 0.493 e. The quantitative estimate of drug-likeness (QED) is 0.790. The molecule has 0 atom stereocenters. The van der Waals surface area contributed by atoms with Crippen molar-refractivity contribution < 1.29 is 23.8 Å². The number of benzene rings is 1. The summed E-state index contributed by atoms with van der Waals surface area (Å²) in [6, 6.07) is 3.58. The smallest absolute Gasteiger partial charge is 0.406 e. The summed E-state index contributed by atoms with van der Waals surface area (Å²) in [6.45, 7) is 0.383. The summed E-state index contributed by atoms with van der Waals surface area (Å²) < 4.78 is 15.2. The molecule has 0 aromatic heterocycles. The van der Waals surface area contributed by atoms with Gasteiger partial charge in [0.1, 0.15) is 0 Å². The Morgan fingerprint density at radius 2 is 1.72 bits per heavy atom. The van der Waals surface area contributed by atoms with Gasteiger partial charge in [0, 0.05) is 24.2 Å². The summed E-state index contributed by atoms with van der Waals surface area (Å²) >= 11 is 0. The topological polar surface area (TPSA) is 85.9 Å². The van der Waals surface area contributed by atoms with Gasteiger partial charge in [-0.2, -0.15) is 0 Å². The number of hydrogen-bond donors (Lipinski definition) is 2. The van der Waals surface area contributed by atoms with E-state index in [2.05, 4.69) is 15.4 Å². The fourth-order valence-corrected chi connectivity index (χ4v) is 3.04. The number of anilines is 1. The van der Waals surface area contributed by atoms with Crippen LogP contribution in [0, 0.1) is 5.92 Å². The minimum Gasteiger partial charge on any atom is -0.493 e. The minimum atomic E-state index is -0.489. The number of nitrogens with one attached hydrogen (secondary N) is 2. The molecule has 0 aliphatic heterocycles. The second kappa shape index (κ2) is 9.15. The molecular weight excluding hydrogens is 324 g/mol. The lowest BCUT2D eigenvalue weighted by Crippen LogP contribution is -2.26. The molecule has 0 unspecified atom stereocenters. The zero-order chi connectivity index (χ0) is 18.2. The van der Waals surface area contributed by atoms with Gasteiger partial charge in [-0.05, 0) is 30.9 Å². The molecule has 0 spiro atoms. The van der Waals surface area contributed by atoms with Crippen molar-refractivity contribution in [3.8, 4) is 11.5 Å². The Labute approximate surface area is 148 Å². The highest BCUT2D eigenvalue weighted by Crippen LogP contribution is 2.34. The maximum Gasteiger partial charge on any atom is 0.406 e. The lowest BCUT2D eigenvalue weighted by Gasteiger charge is -2.17. The van der Waals surface area contributed by atoms with E-state index in [1.807, 2.05) is 6.07 Å². The monoisotopic (exact) mass is 350 g/mol. The molecular formula is C18H26N2O5. The summed E-state index contributed by atoms with van der Waals surface area (Å²) in [7, 11) is 4.43. The third kappa shape index (κ3) is 5.01. The summed E-state index contributed by atoms with van der Waals surface area (Å²) in [5.41, 5.74) is 1.54. The Bertz CT molecular complexity index is 612. The van der Waals surface area contributed by atoms with Crippen LogP contribution in [0.1, 0.15) is 31.2 Å². The van der Waals surface area contributed by atoms with E-state index in [-0.39, 0.29) is 11.8 Å². The average molecular weight is 350 g/mol. The first-order valence-corrected chi connectivity index (χ1v) is 8.46. The van der Waals surface area contributed by atoms with Crippen molar-refractivity contribution in [1.82, 2.24) is 5.32 Å². The van der Waals surface area contributed by atoms with Crippen LogP contribution >= 0.6 is 0 Å². The molecule has 0 radical (unpaired) electrons. The van der Waals surface area contributed by atoms with Crippen LogP contribution in [0.15, 0.2) is 12.1 Å². The average Bonchev–Trinajstić information content (AvgIpc) is 3.16. The fraction of sp³-hybridized carbons (Fsp3) is 0.556. The van der Waals surface area contributed by atoms with Crippen molar-refractivity contribution in [2.45, 2.75) is 32.1 Å². The highest BCUT2D eigenvalue weighted by molar-refractivity contribution is 5.94. The molecule has 138 valence electrons. The summed E-state index contributed by atoms with van der Waals surface area (Å²) in [4.78, 5) is 23.7. The van der Waals surface area contributed by atoms with E-state index in [0.717, 1.165) is 31.2 Å². The van der Waals surface area contributed by atoms with Crippen LogP contribution in [-0.2, 0) is 16.0 Å². The van der Waals surface area contributed by atoms with Crippen molar-refractivity contribution in [3.63, 3.8) is 0 Å². The van der Waals surface area contributed by atoms with Gasteiger partial charge in [0.15, 0.2) is 11.5 Å². The molecule has 2 amide bonds. The molecule has 25 heavy (non-hydrogen) atoms. The molecule has 1 fully saturated rings. The standard InChI is InChI=1S/C18H26N2O5/c1-23-15-10-13(8-9-19-18(22)25-3)14(11-16(15)24-2)20-17(21)12-6-4-5-7-12/h10-12H,4-9H2,1-3H3,(H,19,22)(H,20,21). The van der Waals surface area contributed by atoms with Crippen LogP contribution in [0.5, 0.6) is 11.5 Å². The van der Waals surface area contributed by atoms with Crippen LogP contribution in [0.2, 0.25) is 0 Å². The number of carbonyl (C=O) groups is 2. The molecule has 1 aromatic rings. The first kappa shape index (κ1) is 18.9. The lowest BCUT2D eigenvalue weighted by molar-refractivity contribution is -0.119. The highest BCUT2D eigenvalue weighted by Gasteiger charge is 2.24. The number of carbonyl (C=O) groups excluding carboxylic acids is 2. The van der Waals surface area contributed by atoms with Gasteiger partial charge in [-0.3, -0.25) is 4.79 Å². The lowest BCUT2D eigenvalue weighted by atomic mass is 10.0. The number of methoxy groups -OCH3 is 3. The zero-order valence-corrected chi connectivity index (χ0v) is 15.0. The fourth-order valence-electron chi connectivity index (χ4n) is 3.04. The van der Waals surface area contributed by atoms with Crippen LogP contribution in [-0.4, -0.2) is 39.9 Å². The summed E-state index contributed by atoms with van der Waals surface area (Å²) in [6.07, 6.45) is 4.09. The van der Waals surface area contributed by atoms with E-state index in [1.165, 1.54) is 7.11 Å². The zero-order valence-electron chi connectivity index (χ0n) is 15.0. The van der Waals surface area contributed by atoms with Gasteiger partial charge in [-0.15, -0.1) is 0 Å². The van der Waals surface area contributed by atoms with Crippen LogP contribution < -0.4 is 20.1 Å². The van der Waals surface area contributed by atoms with Crippen LogP contribution in [0.3, 0.4) is 0 Å². The molecule has 1 saturated carbocycles. The predicted octanol–water partition coefficient (Wildman–Crippen LogP) is 2.73. The van der Waals surface area contributed by atoms with Crippen LogP contribution in [0.4, 0.5) is 10.5 Å². The second-order valence-electron chi connectivity index (χ2n) is 6.00. The van der Waals surface area contributed by atoms with Crippen molar-refractivity contribution in [1.29, 1.82) is 0 Å². The Hall–Kier alpha value is -2.44. The minimum absolute atomic E-state index is 0.0342. The highest BCUT2D eigenvalue weighted by atomic mass is 16.5. The maximum atomic E-state index is 12.5. The molecule has 1 aliphatic rings. The third-order valence-electron chi connectivity index (χ3n) is 4.44. The van der Waals surface area contributed by atoms with Gasteiger partial charge in [-0.1, -0.05) is 12.8 Å². The molecule has 0 saturated heterocycles. The number of rotatable bonds is 7. The molecule has 2 rings (SSSR count). The second-order valence-corrected chi connectivity index (χ2v) is 6.00. The Morgan fingerprint density at radius 3 is 2.32 bits per heavy atom. The van der Waals surface area contributed by atoms with E-state index in [1.54, 1.807) is 20.3 Å². The Morgan fingerprint density at radius 1 is 1.08 bits per heavy atom. The van der Waals surface area contributed by atoms with Crippen molar-refractivity contribution >= 4 is 17.7 Å². The number of amides is 2. The van der Waals surface area contributed by atoms with Crippen molar-refractivity contribution in [3.05, 3.63) is 17.7 Å². The van der Waals surface area contributed by atoms with Gasteiger partial charge in [0.2, 0.25) is 5.91 Å². The van der Waals surface area contributed by atoms with Gasteiger partial charge in [-0.25, -0.2) is 4.79 Å². The Kier molecular flexibility index (Phi) is 6.91. The van der Waals surface area contributed by atoms with Gasteiger partial charge >= 0.3 is 6.09 Å². The SMILES string of the molecule is COC(=O)NCCc1cc(OC)c(OC)cc1NC(=O)C1CCCC1. The number of hydrogen-bond acceptors (Lipinski definition) is 5. The third-order valence-corrected chi connectivity index (χ3v) is 4.44. The molecule has 1 aromatic carbocycles. The molecule has 1 aliphatic carbocycles. The summed E-state index contributed by atoms with van der Waals surface area (Å²) in [5.74, 6) is 1.23. The maximum absolute atomic E-state index is 12.5. The van der Waals surface area contributed by atoms with Gasteiger partial charge < -0.3 is 24.8 Å². The number of ether oxygens (including phenoxy) is 3. The van der Waals surface area contributed by atoms with E-state index in [0.29, 0.717) is 30.2 Å². The first-order valence-electron chi connectivity index (χ1n) is 8.46. The van der Waals surface area contributed by atoms with E-state index < -0.39 is 6.09 Å².